The van der Waals surface area contributed by atoms with Gasteiger partial charge in [0.15, 0.2) is 0 Å². The van der Waals surface area contributed by atoms with Gasteiger partial charge < -0.3 is 25.5 Å². The minimum Gasteiger partial charge on any atom is -0.508 e. The Morgan fingerprint density at radius 3 is 1.21 bits per heavy atom. The van der Waals surface area contributed by atoms with E-state index in [-0.39, 0.29) is 28.7 Å². The lowest BCUT2D eigenvalue weighted by Crippen LogP contribution is -2.05. The second-order valence-corrected chi connectivity index (χ2v) is 13.4. The lowest BCUT2D eigenvalue weighted by atomic mass is 9.85. The average Bonchev–Trinajstić information content (AvgIpc) is 3.02. The third kappa shape index (κ3) is 6.66. The smallest absolute Gasteiger partial charge is 0.122 e. The van der Waals surface area contributed by atoms with Crippen molar-refractivity contribution in [3.63, 3.8) is 0 Å². The molecule has 5 heteroatoms. The molecule has 0 spiro atoms. The number of hydrogen-bond donors (Lipinski definition) is 5. The molecular weight excluding hydrogens is 584 g/mol. The maximum Gasteiger partial charge on any atom is 0.122 e. The lowest BCUT2D eigenvalue weighted by Gasteiger charge is -2.21. The van der Waals surface area contributed by atoms with Crippen molar-refractivity contribution < 1.29 is 25.5 Å². The number of hydrogen-bond acceptors (Lipinski definition) is 5. The highest BCUT2D eigenvalue weighted by Crippen LogP contribution is 2.39. The van der Waals surface area contributed by atoms with E-state index < -0.39 is 0 Å². The maximum atomic E-state index is 11.8. The number of aryl methyl sites for hydroxylation is 5. The van der Waals surface area contributed by atoms with Crippen molar-refractivity contribution in [3.8, 4) is 28.7 Å². The molecule has 47 heavy (non-hydrogen) atoms. The van der Waals surface area contributed by atoms with Gasteiger partial charge in [0.25, 0.3) is 0 Å². The predicted molar refractivity (Wildman–Crippen MR) is 190 cm³/mol. The van der Waals surface area contributed by atoms with Gasteiger partial charge in [0.1, 0.15) is 28.7 Å². The van der Waals surface area contributed by atoms with E-state index in [9.17, 15) is 25.5 Å². The first-order chi connectivity index (χ1) is 22.2. The summed E-state index contributed by atoms with van der Waals surface area (Å²) in [6.45, 7) is 15.8. The van der Waals surface area contributed by atoms with Crippen molar-refractivity contribution in [2.75, 3.05) is 0 Å². The largest absolute Gasteiger partial charge is 0.508 e. The summed E-state index contributed by atoms with van der Waals surface area (Å²) in [6, 6.07) is 17.0. The number of phenols is 5. The Hall–Kier alpha value is -4.90. The summed E-state index contributed by atoms with van der Waals surface area (Å²) in [5.41, 5.74) is 14.2. The molecule has 0 amide bonds. The monoisotopic (exact) mass is 630 g/mol. The molecule has 0 aliphatic rings. The SMILES string of the molecule is Cc1ccc(O)c(Cc2c(C)c(Cc3cc(C)c(C)c(Cc4cc(C)c(O)c(Cc5cc(C)ccc5O)c4C)c3O)cc(C)c2O)c1. The summed E-state index contributed by atoms with van der Waals surface area (Å²) in [7, 11) is 0. The minimum absolute atomic E-state index is 0.201. The van der Waals surface area contributed by atoms with Crippen LogP contribution in [-0.4, -0.2) is 25.5 Å². The van der Waals surface area contributed by atoms with Crippen LogP contribution in [0, 0.1) is 55.4 Å². The van der Waals surface area contributed by atoms with Gasteiger partial charge in [-0.05, 0) is 129 Å². The molecule has 0 saturated carbocycles. The summed E-state index contributed by atoms with van der Waals surface area (Å²) >= 11 is 0. The standard InChI is InChI=1S/C42H46O5/c1-22-9-11-38(43)32(13-22)20-36-28(7)30(16-25(4)40(36)45)18-34-15-24(3)27(6)35(42(34)47)19-31-17-26(5)41(46)37(29(31)8)21-33-14-23(2)10-12-39(33)44/h9-17,43-47H,18-21H2,1-8H3. The zero-order chi connectivity index (χ0) is 34.3. The molecule has 0 unspecified atom stereocenters. The summed E-state index contributed by atoms with van der Waals surface area (Å²) in [5.74, 6) is 1.11. The first-order valence-electron chi connectivity index (χ1n) is 16.2. The molecule has 0 bridgehead atoms. The molecule has 0 aliphatic heterocycles. The second kappa shape index (κ2) is 13.1. The normalized spacial score (nSPS) is 11.3. The molecule has 0 aromatic heterocycles. The van der Waals surface area contributed by atoms with Gasteiger partial charge in [-0.1, -0.05) is 53.6 Å². The molecule has 5 nitrogen and oxygen atoms in total. The Balaban J connectivity index is 1.54. The number of aromatic hydroxyl groups is 5. The topological polar surface area (TPSA) is 101 Å². The van der Waals surface area contributed by atoms with Crippen LogP contribution in [0.5, 0.6) is 28.7 Å². The van der Waals surface area contributed by atoms with Gasteiger partial charge in [-0.2, -0.15) is 0 Å². The van der Waals surface area contributed by atoms with Crippen LogP contribution in [0.3, 0.4) is 0 Å². The van der Waals surface area contributed by atoms with Crippen molar-refractivity contribution in [3.05, 3.63) is 144 Å². The summed E-state index contributed by atoms with van der Waals surface area (Å²) in [6.07, 6.45) is 1.75. The third-order valence-corrected chi connectivity index (χ3v) is 9.95. The highest BCUT2D eigenvalue weighted by Gasteiger charge is 2.21. The van der Waals surface area contributed by atoms with E-state index >= 15 is 0 Å². The molecule has 0 radical (unpaired) electrons. The zero-order valence-corrected chi connectivity index (χ0v) is 28.8. The van der Waals surface area contributed by atoms with Crippen LogP contribution >= 0.6 is 0 Å². The highest BCUT2D eigenvalue weighted by atomic mass is 16.3. The fraction of sp³-hybridized carbons (Fsp3) is 0.286. The molecule has 5 aromatic carbocycles. The van der Waals surface area contributed by atoms with Crippen LogP contribution in [0.25, 0.3) is 0 Å². The van der Waals surface area contributed by atoms with Crippen molar-refractivity contribution in [1.29, 1.82) is 0 Å². The Morgan fingerprint density at radius 1 is 0.362 bits per heavy atom. The van der Waals surface area contributed by atoms with Crippen LogP contribution in [0.2, 0.25) is 0 Å². The fourth-order valence-electron chi connectivity index (χ4n) is 6.78. The number of rotatable bonds is 8. The van der Waals surface area contributed by atoms with E-state index in [1.54, 1.807) is 12.1 Å². The minimum atomic E-state index is 0.201. The summed E-state index contributed by atoms with van der Waals surface area (Å²) in [5, 5.41) is 55.1. The lowest BCUT2D eigenvalue weighted by molar-refractivity contribution is 0.458. The van der Waals surface area contributed by atoms with Gasteiger partial charge in [0, 0.05) is 42.4 Å². The van der Waals surface area contributed by atoms with E-state index in [1.165, 1.54) is 0 Å². The van der Waals surface area contributed by atoms with E-state index in [2.05, 4.69) is 6.92 Å². The molecule has 5 rings (SSSR count). The third-order valence-electron chi connectivity index (χ3n) is 9.95. The molecule has 0 atom stereocenters. The molecule has 0 fully saturated rings. The van der Waals surface area contributed by atoms with Crippen molar-refractivity contribution >= 4 is 0 Å². The van der Waals surface area contributed by atoms with Crippen LogP contribution < -0.4 is 0 Å². The highest BCUT2D eigenvalue weighted by molar-refractivity contribution is 5.59. The zero-order valence-electron chi connectivity index (χ0n) is 28.8. The van der Waals surface area contributed by atoms with Gasteiger partial charge in [0.05, 0.1) is 0 Å². The quantitative estimate of drug-likeness (QED) is 0.118. The second-order valence-electron chi connectivity index (χ2n) is 13.4. The van der Waals surface area contributed by atoms with Gasteiger partial charge in [0.2, 0.25) is 0 Å². The predicted octanol–water partition coefficient (Wildman–Crippen LogP) is 9.05. The molecule has 0 heterocycles. The van der Waals surface area contributed by atoms with Crippen molar-refractivity contribution in [1.82, 2.24) is 0 Å². The van der Waals surface area contributed by atoms with E-state index in [0.29, 0.717) is 25.7 Å². The van der Waals surface area contributed by atoms with Crippen molar-refractivity contribution in [2.45, 2.75) is 81.1 Å². The Labute approximate surface area is 278 Å². The van der Waals surface area contributed by atoms with E-state index in [4.69, 9.17) is 0 Å². The first kappa shape index (κ1) is 33.5. The number of benzene rings is 5. The summed E-state index contributed by atoms with van der Waals surface area (Å²) in [4.78, 5) is 0. The van der Waals surface area contributed by atoms with Gasteiger partial charge in [-0.3, -0.25) is 0 Å². The van der Waals surface area contributed by atoms with Gasteiger partial charge in [-0.25, -0.2) is 0 Å². The summed E-state index contributed by atoms with van der Waals surface area (Å²) < 4.78 is 0. The first-order valence-corrected chi connectivity index (χ1v) is 16.2. The van der Waals surface area contributed by atoms with Crippen LogP contribution in [-0.2, 0) is 25.7 Å². The maximum absolute atomic E-state index is 11.8. The fourth-order valence-corrected chi connectivity index (χ4v) is 6.78. The molecule has 5 N–H and O–H groups in total. The molecular formula is C42H46O5. The average molecular weight is 631 g/mol. The van der Waals surface area contributed by atoms with Crippen LogP contribution in [0.4, 0.5) is 0 Å². The van der Waals surface area contributed by atoms with Gasteiger partial charge >= 0.3 is 0 Å². The van der Waals surface area contributed by atoms with E-state index in [1.807, 2.05) is 90.9 Å². The molecule has 5 aromatic rings. The van der Waals surface area contributed by atoms with Crippen molar-refractivity contribution in [2.24, 2.45) is 0 Å². The van der Waals surface area contributed by atoms with E-state index in [0.717, 1.165) is 89.0 Å². The molecule has 0 aliphatic carbocycles. The van der Waals surface area contributed by atoms with Crippen LogP contribution in [0.1, 0.15) is 89.0 Å². The Kier molecular flexibility index (Phi) is 9.31. The Bertz CT molecular complexity index is 2020. The van der Waals surface area contributed by atoms with Crippen LogP contribution in [0.15, 0.2) is 54.6 Å². The molecule has 0 saturated heterocycles. The number of phenolic OH excluding ortho intramolecular Hbond substituents is 5. The Morgan fingerprint density at radius 2 is 0.745 bits per heavy atom. The van der Waals surface area contributed by atoms with Gasteiger partial charge in [-0.15, -0.1) is 0 Å². The molecule has 244 valence electrons.